The highest BCUT2D eigenvalue weighted by atomic mass is 79.9. The molecule has 0 bridgehead atoms. The summed E-state index contributed by atoms with van der Waals surface area (Å²) in [4.78, 5) is 14.5. The molecule has 1 fully saturated rings. The van der Waals surface area contributed by atoms with Crippen LogP contribution in [0.5, 0.6) is 0 Å². The number of piperidine rings is 1. The Labute approximate surface area is 126 Å². The molecule has 3 nitrogen and oxygen atoms in total. The number of nitrogens with zero attached hydrogens (tertiary/aromatic N) is 1. The van der Waals surface area contributed by atoms with E-state index in [1.54, 1.807) is 6.07 Å². The van der Waals surface area contributed by atoms with Crippen molar-refractivity contribution >= 4 is 32.8 Å². The highest BCUT2D eigenvalue weighted by Gasteiger charge is 2.19. The van der Waals surface area contributed by atoms with Crippen LogP contribution in [0.2, 0.25) is 0 Å². The zero-order valence-corrected chi connectivity index (χ0v) is 13.4. The molecule has 1 saturated heterocycles. The second kappa shape index (κ2) is 5.24. The van der Waals surface area contributed by atoms with E-state index in [-0.39, 0.29) is 5.43 Å². The minimum Gasteiger partial charge on any atom is -0.439 e. The molecule has 0 N–H and O–H groups in total. The summed E-state index contributed by atoms with van der Waals surface area (Å²) in [5, 5.41) is 0.644. The van der Waals surface area contributed by atoms with Gasteiger partial charge < -0.3 is 9.32 Å². The van der Waals surface area contributed by atoms with Crippen LogP contribution in [0.4, 0.5) is 5.88 Å². The Kier molecular flexibility index (Phi) is 3.59. The fraction of sp³-hybridized carbons (Fsp3) is 0.438. The summed E-state index contributed by atoms with van der Waals surface area (Å²) in [5.41, 5.74) is 1.73. The molecule has 4 heteroatoms. The Morgan fingerprint density at radius 3 is 2.65 bits per heavy atom. The maximum atomic E-state index is 12.3. The Morgan fingerprint density at radius 2 is 1.95 bits per heavy atom. The molecule has 1 aliphatic rings. The minimum atomic E-state index is 0.0317. The Balaban J connectivity index is 2.08. The summed E-state index contributed by atoms with van der Waals surface area (Å²) in [6.07, 6.45) is 2.30. The number of fused-ring (bicyclic) bond motifs is 1. The highest BCUT2D eigenvalue weighted by Crippen LogP contribution is 2.29. The molecule has 0 atom stereocenters. The molecule has 106 valence electrons. The Morgan fingerprint density at radius 1 is 1.25 bits per heavy atom. The molecule has 2 heterocycles. The van der Waals surface area contributed by atoms with Gasteiger partial charge in [0.2, 0.25) is 0 Å². The monoisotopic (exact) mass is 335 g/mol. The van der Waals surface area contributed by atoms with Crippen molar-refractivity contribution in [3.05, 3.63) is 38.5 Å². The Hall–Kier alpha value is -1.29. The zero-order chi connectivity index (χ0) is 14.3. The van der Waals surface area contributed by atoms with Gasteiger partial charge in [0.15, 0.2) is 16.9 Å². The normalized spacial score (nSPS) is 16.9. The smallest absolute Gasteiger partial charge is 0.200 e. The molecule has 0 amide bonds. The summed E-state index contributed by atoms with van der Waals surface area (Å²) >= 11 is 3.50. The van der Waals surface area contributed by atoms with Gasteiger partial charge in [-0.05, 0) is 59.3 Å². The summed E-state index contributed by atoms with van der Waals surface area (Å²) in [6.45, 7) is 6.16. The van der Waals surface area contributed by atoms with Gasteiger partial charge in [-0.3, -0.25) is 4.79 Å². The third kappa shape index (κ3) is 2.49. The topological polar surface area (TPSA) is 33.5 Å². The number of anilines is 1. The molecule has 20 heavy (non-hydrogen) atoms. The van der Waals surface area contributed by atoms with Gasteiger partial charge in [0, 0.05) is 19.2 Å². The predicted octanol–water partition coefficient (Wildman–Crippen LogP) is 4.10. The second-order valence-electron chi connectivity index (χ2n) is 5.74. The van der Waals surface area contributed by atoms with Crippen LogP contribution in [0.25, 0.3) is 11.0 Å². The molecule has 0 radical (unpaired) electrons. The van der Waals surface area contributed by atoms with E-state index in [9.17, 15) is 4.79 Å². The number of benzene rings is 1. The van der Waals surface area contributed by atoms with Crippen molar-refractivity contribution in [3.63, 3.8) is 0 Å². The number of rotatable bonds is 1. The molecular weight excluding hydrogens is 318 g/mol. The van der Waals surface area contributed by atoms with Crippen LogP contribution in [0.15, 0.2) is 31.9 Å². The number of aryl methyl sites for hydroxylation is 1. The first-order valence-electron chi connectivity index (χ1n) is 7.03. The second-order valence-corrected chi connectivity index (χ2v) is 6.60. The lowest BCUT2D eigenvalue weighted by molar-refractivity contribution is 0.419. The van der Waals surface area contributed by atoms with E-state index in [0.717, 1.165) is 41.9 Å². The molecule has 1 aromatic carbocycles. The van der Waals surface area contributed by atoms with E-state index in [0.29, 0.717) is 16.9 Å². The fourth-order valence-corrected chi connectivity index (χ4v) is 3.38. The van der Waals surface area contributed by atoms with Crippen molar-refractivity contribution in [2.24, 2.45) is 5.92 Å². The van der Waals surface area contributed by atoms with Gasteiger partial charge in [0.1, 0.15) is 0 Å². The average molecular weight is 336 g/mol. The Bertz CT molecular complexity index is 699. The van der Waals surface area contributed by atoms with Crippen molar-refractivity contribution < 1.29 is 4.42 Å². The maximum Gasteiger partial charge on any atom is 0.200 e. The third-order valence-electron chi connectivity index (χ3n) is 4.01. The van der Waals surface area contributed by atoms with Gasteiger partial charge in [0.05, 0.1) is 9.86 Å². The summed E-state index contributed by atoms with van der Waals surface area (Å²) in [7, 11) is 0. The quantitative estimate of drug-likeness (QED) is 0.786. The van der Waals surface area contributed by atoms with Crippen LogP contribution >= 0.6 is 15.9 Å². The summed E-state index contributed by atoms with van der Waals surface area (Å²) in [6, 6.07) is 5.49. The lowest BCUT2D eigenvalue weighted by atomic mass is 9.99. The number of halogens is 1. The number of hydrogen-bond donors (Lipinski definition) is 0. The third-order valence-corrected chi connectivity index (χ3v) is 4.60. The van der Waals surface area contributed by atoms with Gasteiger partial charge in [-0.2, -0.15) is 0 Å². The molecule has 3 rings (SSSR count). The van der Waals surface area contributed by atoms with Crippen LogP contribution in [0, 0.1) is 12.8 Å². The van der Waals surface area contributed by atoms with E-state index in [4.69, 9.17) is 4.42 Å². The molecule has 2 aromatic rings. The average Bonchev–Trinajstić information content (AvgIpc) is 2.40. The maximum absolute atomic E-state index is 12.3. The van der Waals surface area contributed by atoms with E-state index in [2.05, 4.69) is 27.8 Å². The van der Waals surface area contributed by atoms with E-state index in [1.807, 2.05) is 19.1 Å². The van der Waals surface area contributed by atoms with Crippen molar-refractivity contribution in [3.8, 4) is 0 Å². The van der Waals surface area contributed by atoms with E-state index < -0.39 is 0 Å². The lowest BCUT2D eigenvalue weighted by Gasteiger charge is -2.30. The highest BCUT2D eigenvalue weighted by molar-refractivity contribution is 9.10. The SMILES string of the molecule is Cc1cc(Br)c2oc(N3CCC(C)CC3)cc(=O)c2c1. The van der Waals surface area contributed by atoms with Gasteiger partial charge in [-0.25, -0.2) is 0 Å². The van der Waals surface area contributed by atoms with Crippen molar-refractivity contribution in [1.29, 1.82) is 0 Å². The first kappa shape index (κ1) is 13.7. The lowest BCUT2D eigenvalue weighted by Crippen LogP contribution is -2.33. The molecule has 1 aromatic heterocycles. The van der Waals surface area contributed by atoms with Gasteiger partial charge in [-0.15, -0.1) is 0 Å². The van der Waals surface area contributed by atoms with Gasteiger partial charge >= 0.3 is 0 Å². The largest absolute Gasteiger partial charge is 0.439 e. The predicted molar refractivity (Wildman–Crippen MR) is 85.5 cm³/mol. The van der Waals surface area contributed by atoms with Crippen molar-refractivity contribution in [2.45, 2.75) is 26.7 Å². The number of hydrogen-bond acceptors (Lipinski definition) is 3. The fourth-order valence-electron chi connectivity index (χ4n) is 2.72. The summed E-state index contributed by atoms with van der Waals surface area (Å²) < 4.78 is 6.83. The minimum absolute atomic E-state index is 0.0317. The molecule has 0 spiro atoms. The van der Waals surface area contributed by atoms with Gasteiger partial charge in [-0.1, -0.05) is 6.92 Å². The molecule has 0 aliphatic carbocycles. The van der Waals surface area contributed by atoms with Gasteiger partial charge in [0.25, 0.3) is 0 Å². The van der Waals surface area contributed by atoms with Crippen LogP contribution in [0.1, 0.15) is 25.3 Å². The molecular formula is C16H18BrNO2. The van der Waals surface area contributed by atoms with Crippen LogP contribution in [-0.2, 0) is 0 Å². The zero-order valence-electron chi connectivity index (χ0n) is 11.8. The van der Waals surface area contributed by atoms with Crippen LogP contribution in [-0.4, -0.2) is 13.1 Å². The molecule has 1 aliphatic heterocycles. The van der Waals surface area contributed by atoms with E-state index in [1.165, 1.54) is 0 Å². The van der Waals surface area contributed by atoms with Crippen molar-refractivity contribution in [2.75, 3.05) is 18.0 Å². The van der Waals surface area contributed by atoms with Crippen LogP contribution in [0.3, 0.4) is 0 Å². The van der Waals surface area contributed by atoms with Crippen molar-refractivity contribution in [1.82, 2.24) is 0 Å². The first-order chi connectivity index (χ1) is 9.54. The van der Waals surface area contributed by atoms with E-state index >= 15 is 0 Å². The standard InChI is InChI=1S/C16H18BrNO2/c1-10-3-5-18(6-4-10)15-9-14(19)12-7-11(2)8-13(17)16(12)20-15/h7-10H,3-6H2,1-2H3. The molecule has 0 saturated carbocycles. The van der Waals surface area contributed by atoms with Crippen LogP contribution < -0.4 is 10.3 Å². The first-order valence-corrected chi connectivity index (χ1v) is 7.83. The summed E-state index contributed by atoms with van der Waals surface area (Å²) in [5.74, 6) is 1.45. The molecule has 0 unspecified atom stereocenters.